The standard InChI is InChI=1S/C19H15FN4OS/c20-12-3-5-13(6-4-12)24-11-22-16-15-14(23-9-1-2-10-23)7-8-21-18(15)26-17(16)19(24)25/h3-8,11H,1-2,9-10H2. The zero-order chi connectivity index (χ0) is 17.7. The second kappa shape index (κ2) is 5.88. The van der Waals surface area contributed by atoms with Crippen LogP contribution < -0.4 is 10.5 Å². The van der Waals surface area contributed by atoms with Crippen molar-refractivity contribution in [2.45, 2.75) is 12.8 Å². The molecule has 1 aliphatic rings. The lowest BCUT2D eigenvalue weighted by atomic mass is 10.2. The molecular weight excluding hydrogens is 351 g/mol. The fourth-order valence-corrected chi connectivity index (χ4v) is 4.59. The van der Waals surface area contributed by atoms with Crippen molar-refractivity contribution in [2.75, 3.05) is 18.0 Å². The molecular formula is C19H15FN4OS. The molecule has 0 amide bonds. The first-order chi connectivity index (χ1) is 12.7. The minimum absolute atomic E-state index is 0.156. The van der Waals surface area contributed by atoms with Crippen molar-refractivity contribution >= 4 is 37.5 Å². The van der Waals surface area contributed by atoms with Gasteiger partial charge in [0.05, 0.1) is 16.8 Å². The number of halogens is 1. The van der Waals surface area contributed by atoms with Crippen molar-refractivity contribution in [1.29, 1.82) is 0 Å². The van der Waals surface area contributed by atoms with Crippen LogP contribution in [0, 0.1) is 5.82 Å². The number of fused-ring (bicyclic) bond motifs is 3. The van der Waals surface area contributed by atoms with E-state index in [0.29, 0.717) is 15.9 Å². The summed E-state index contributed by atoms with van der Waals surface area (Å²) in [7, 11) is 0. The van der Waals surface area contributed by atoms with E-state index in [1.165, 1.54) is 47.2 Å². The van der Waals surface area contributed by atoms with Crippen molar-refractivity contribution in [3.05, 3.63) is 59.0 Å². The van der Waals surface area contributed by atoms with Gasteiger partial charge in [0, 0.05) is 19.3 Å². The second-order valence-electron chi connectivity index (χ2n) is 6.38. The summed E-state index contributed by atoms with van der Waals surface area (Å²) in [5.41, 5.74) is 2.24. The maximum Gasteiger partial charge on any atom is 0.275 e. The van der Waals surface area contributed by atoms with Gasteiger partial charge in [0.25, 0.3) is 5.56 Å². The maximum atomic E-state index is 13.2. The van der Waals surface area contributed by atoms with Crippen LogP contribution in [0.4, 0.5) is 10.1 Å². The van der Waals surface area contributed by atoms with E-state index >= 15 is 0 Å². The van der Waals surface area contributed by atoms with Crippen LogP contribution in [0.5, 0.6) is 0 Å². The van der Waals surface area contributed by atoms with Crippen molar-refractivity contribution in [1.82, 2.24) is 14.5 Å². The number of thiophene rings is 1. The molecule has 1 saturated heterocycles. The summed E-state index contributed by atoms with van der Waals surface area (Å²) in [6.45, 7) is 2.03. The van der Waals surface area contributed by atoms with Gasteiger partial charge >= 0.3 is 0 Å². The molecule has 0 bridgehead atoms. The van der Waals surface area contributed by atoms with Gasteiger partial charge in [0.2, 0.25) is 0 Å². The lowest BCUT2D eigenvalue weighted by Crippen LogP contribution is -2.19. The van der Waals surface area contributed by atoms with Crippen LogP contribution in [0.15, 0.2) is 47.7 Å². The molecule has 0 unspecified atom stereocenters. The number of rotatable bonds is 2. The Hall–Kier alpha value is -2.80. The van der Waals surface area contributed by atoms with E-state index in [9.17, 15) is 9.18 Å². The van der Waals surface area contributed by atoms with E-state index in [-0.39, 0.29) is 11.4 Å². The number of anilines is 1. The molecule has 0 radical (unpaired) electrons. The Morgan fingerprint density at radius 1 is 1.04 bits per heavy atom. The van der Waals surface area contributed by atoms with Crippen molar-refractivity contribution in [3.63, 3.8) is 0 Å². The first kappa shape index (κ1) is 15.5. The van der Waals surface area contributed by atoms with Crippen molar-refractivity contribution in [3.8, 4) is 5.69 Å². The van der Waals surface area contributed by atoms with Gasteiger partial charge in [-0.05, 0) is 43.2 Å². The van der Waals surface area contributed by atoms with Crippen LogP contribution in [0.3, 0.4) is 0 Å². The molecule has 0 spiro atoms. The highest BCUT2D eigenvalue weighted by atomic mass is 32.1. The third kappa shape index (κ3) is 2.31. The SMILES string of the molecule is O=c1c2sc3nccc(N4CCCC4)c3c2ncn1-c1ccc(F)cc1. The van der Waals surface area contributed by atoms with Gasteiger partial charge < -0.3 is 4.90 Å². The molecule has 0 atom stereocenters. The summed E-state index contributed by atoms with van der Waals surface area (Å²) in [6.07, 6.45) is 5.67. The molecule has 5 rings (SSSR count). The minimum Gasteiger partial charge on any atom is -0.371 e. The van der Waals surface area contributed by atoms with E-state index in [4.69, 9.17) is 0 Å². The van der Waals surface area contributed by atoms with E-state index in [2.05, 4.69) is 14.9 Å². The first-order valence-electron chi connectivity index (χ1n) is 8.52. The fraction of sp³-hybridized carbons (Fsp3) is 0.211. The van der Waals surface area contributed by atoms with Gasteiger partial charge in [-0.25, -0.2) is 14.4 Å². The van der Waals surface area contributed by atoms with E-state index < -0.39 is 0 Å². The second-order valence-corrected chi connectivity index (χ2v) is 7.38. The van der Waals surface area contributed by atoms with Crippen molar-refractivity contribution in [2.24, 2.45) is 0 Å². The van der Waals surface area contributed by atoms with Crippen LogP contribution in [0.2, 0.25) is 0 Å². The molecule has 5 nitrogen and oxygen atoms in total. The van der Waals surface area contributed by atoms with Crippen molar-refractivity contribution < 1.29 is 4.39 Å². The van der Waals surface area contributed by atoms with Gasteiger partial charge in [0.1, 0.15) is 27.2 Å². The van der Waals surface area contributed by atoms with Gasteiger partial charge in [-0.1, -0.05) is 0 Å². The molecule has 130 valence electrons. The van der Waals surface area contributed by atoms with E-state index in [1.807, 2.05) is 6.07 Å². The van der Waals surface area contributed by atoms with Crippen LogP contribution >= 0.6 is 11.3 Å². The van der Waals surface area contributed by atoms with Gasteiger partial charge in [-0.3, -0.25) is 9.36 Å². The average Bonchev–Trinajstić information content (AvgIpc) is 3.31. The number of benzene rings is 1. The van der Waals surface area contributed by atoms with Crippen LogP contribution in [-0.2, 0) is 0 Å². The lowest BCUT2D eigenvalue weighted by molar-refractivity contribution is 0.627. The Kier molecular flexibility index (Phi) is 3.49. The minimum atomic E-state index is -0.336. The zero-order valence-electron chi connectivity index (χ0n) is 13.9. The normalized spacial score (nSPS) is 14.6. The molecule has 1 aliphatic heterocycles. The molecule has 26 heavy (non-hydrogen) atoms. The van der Waals surface area contributed by atoms with E-state index in [0.717, 1.165) is 29.0 Å². The van der Waals surface area contributed by atoms with Crippen LogP contribution in [-0.4, -0.2) is 27.6 Å². The van der Waals surface area contributed by atoms with Gasteiger partial charge in [-0.15, -0.1) is 11.3 Å². The molecule has 0 saturated carbocycles. The highest BCUT2D eigenvalue weighted by Crippen LogP contribution is 2.37. The summed E-state index contributed by atoms with van der Waals surface area (Å²) >= 11 is 1.37. The Morgan fingerprint density at radius 3 is 2.58 bits per heavy atom. The molecule has 4 aromatic rings. The lowest BCUT2D eigenvalue weighted by Gasteiger charge is -2.18. The fourth-order valence-electron chi connectivity index (χ4n) is 3.54. The van der Waals surface area contributed by atoms with Crippen LogP contribution in [0.25, 0.3) is 26.1 Å². The Morgan fingerprint density at radius 2 is 1.81 bits per heavy atom. The van der Waals surface area contributed by atoms with Gasteiger partial charge in [0.15, 0.2) is 0 Å². The third-order valence-corrected chi connectivity index (χ3v) is 5.89. The predicted octanol–water partition coefficient (Wildman–Crippen LogP) is 3.73. The number of nitrogens with zero attached hydrogens (tertiary/aromatic N) is 4. The molecule has 0 aliphatic carbocycles. The molecule has 1 aromatic carbocycles. The Bertz CT molecular complexity index is 1180. The first-order valence-corrected chi connectivity index (χ1v) is 9.34. The summed E-state index contributed by atoms with van der Waals surface area (Å²) in [5, 5.41) is 0.956. The molecule has 4 heterocycles. The molecule has 7 heteroatoms. The number of pyridine rings is 1. The summed E-state index contributed by atoms with van der Waals surface area (Å²) < 4.78 is 15.2. The molecule has 0 N–H and O–H groups in total. The van der Waals surface area contributed by atoms with Gasteiger partial charge in [-0.2, -0.15) is 0 Å². The quantitative estimate of drug-likeness (QED) is 0.542. The third-order valence-electron chi connectivity index (χ3n) is 4.81. The highest BCUT2D eigenvalue weighted by molar-refractivity contribution is 7.25. The predicted molar refractivity (Wildman–Crippen MR) is 102 cm³/mol. The average molecular weight is 366 g/mol. The van der Waals surface area contributed by atoms with Crippen LogP contribution in [0.1, 0.15) is 12.8 Å². The highest BCUT2D eigenvalue weighted by Gasteiger charge is 2.20. The molecule has 3 aromatic heterocycles. The number of hydrogen-bond acceptors (Lipinski definition) is 5. The smallest absolute Gasteiger partial charge is 0.275 e. The number of aromatic nitrogens is 3. The topological polar surface area (TPSA) is 51.0 Å². The Balaban J connectivity index is 1.76. The largest absolute Gasteiger partial charge is 0.371 e. The van der Waals surface area contributed by atoms with E-state index in [1.54, 1.807) is 18.3 Å². The summed E-state index contributed by atoms with van der Waals surface area (Å²) in [4.78, 5) is 25.2. The number of hydrogen-bond donors (Lipinski definition) is 0. The monoisotopic (exact) mass is 366 g/mol. The summed E-state index contributed by atoms with van der Waals surface area (Å²) in [6, 6.07) is 7.83. The Labute approximate surface area is 152 Å². The maximum absolute atomic E-state index is 13.2. The zero-order valence-corrected chi connectivity index (χ0v) is 14.7. The molecule has 1 fully saturated rings. The summed E-state index contributed by atoms with van der Waals surface area (Å²) in [5.74, 6) is -0.336.